The Bertz CT molecular complexity index is 672. The highest BCUT2D eigenvalue weighted by Crippen LogP contribution is 2.16. The third kappa shape index (κ3) is 42.3. The van der Waals surface area contributed by atoms with E-state index in [4.69, 9.17) is 14.2 Å². The Hall–Kier alpha value is -0.690. The third-order valence-electron chi connectivity index (χ3n) is 10.8. The van der Waals surface area contributed by atoms with E-state index >= 15 is 0 Å². The molecule has 318 valence electrons. The lowest BCUT2D eigenvalue weighted by atomic mass is 10.1. The van der Waals surface area contributed by atoms with Gasteiger partial charge in [0.05, 0.1) is 13.2 Å². The molecule has 0 aromatic rings. The van der Waals surface area contributed by atoms with Gasteiger partial charge in [-0.15, -0.1) is 0 Å². The smallest absolute Gasteiger partial charge is 0.305 e. The van der Waals surface area contributed by atoms with Crippen molar-refractivity contribution in [3.8, 4) is 0 Å². The number of rotatable bonds is 46. The van der Waals surface area contributed by atoms with Gasteiger partial charge in [0.25, 0.3) is 0 Å². The van der Waals surface area contributed by atoms with Crippen LogP contribution in [0.4, 0.5) is 0 Å². The molecule has 53 heavy (non-hydrogen) atoms. The number of nitrogens with zero attached hydrogens (tertiary/aromatic N) is 1. The van der Waals surface area contributed by atoms with Gasteiger partial charge < -0.3 is 24.2 Å². The van der Waals surface area contributed by atoms with E-state index in [0.717, 1.165) is 71.4 Å². The van der Waals surface area contributed by atoms with Gasteiger partial charge in [-0.2, -0.15) is 0 Å². The monoisotopic (exact) mass is 754 g/mol. The first kappa shape index (κ1) is 52.3. The van der Waals surface area contributed by atoms with Gasteiger partial charge in [-0.1, -0.05) is 188 Å². The summed E-state index contributed by atoms with van der Waals surface area (Å²) in [5.74, 6) is -0.0170. The summed E-state index contributed by atoms with van der Waals surface area (Å²) in [7, 11) is 0. The molecule has 0 radical (unpaired) electrons. The van der Waals surface area contributed by atoms with E-state index in [-0.39, 0.29) is 18.9 Å². The van der Waals surface area contributed by atoms with Crippen LogP contribution in [0.3, 0.4) is 0 Å². The average Bonchev–Trinajstić information content (AvgIpc) is 3.16. The predicted molar refractivity (Wildman–Crippen MR) is 229 cm³/mol. The SMILES string of the molecule is CCCCCCCCCOC(=O)CCCCCCCN(CCO)CCCCCCCCCC(OCCCCCCCCC)OCCCCCCCCC. The molecule has 0 aliphatic heterocycles. The first-order chi connectivity index (χ1) is 26.2. The minimum absolute atomic E-state index is 0.0131. The molecule has 0 heterocycles. The van der Waals surface area contributed by atoms with Gasteiger partial charge in [0, 0.05) is 26.2 Å². The zero-order valence-corrected chi connectivity index (χ0v) is 36.3. The first-order valence-electron chi connectivity index (χ1n) is 23.9. The second kappa shape index (κ2) is 45.7. The summed E-state index contributed by atoms with van der Waals surface area (Å²) < 4.78 is 17.9. The molecule has 0 amide bonds. The lowest BCUT2D eigenvalue weighted by molar-refractivity contribution is -0.148. The molecule has 0 aliphatic carbocycles. The molecular formula is C47H95NO5. The summed E-state index contributed by atoms with van der Waals surface area (Å²) in [6, 6.07) is 0. The van der Waals surface area contributed by atoms with Crippen LogP contribution >= 0.6 is 0 Å². The van der Waals surface area contributed by atoms with Gasteiger partial charge >= 0.3 is 5.97 Å². The highest BCUT2D eigenvalue weighted by atomic mass is 16.7. The number of carbonyl (C=O) groups is 1. The largest absolute Gasteiger partial charge is 0.466 e. The van der Waals surface area contributed by atoms with Gasteiger partial charge in [0.15, 0.2) is 6.29 Å². The Labute approximate surface area is 332 Å². The second-order valence-corrected chi connectivity index (χ2v) is 16.1. The maximum Gasteiger partial charge on any atom is 0.305 e. The Morgan fingerprint density at radius 3 is 1.23 bits per heavy atom. The number of aliphatic hydroxyl groups is 1. The normalized spacial score (nSPS) is 11.7. The maximum absolute atomic E-state index is 12.0. The number of esters is 1. The average molecular weight is 754 g/mol. The number of aliphatic hydroxyl groups excluding tert-OH is 1. The predicted octanol–water partition coefficient (Wildman–Crippen LogP) is 13.9. The van der Waals surface area contributed by atoms with Crippen molar-refractivity contribution in [2.75, 3.05) is 46.1 Å². The van der Waals surface area contributed by atoms with Crippen molar-refractivity contribution in [3.63, 3.8) is 0 Å². The summed E-state index contributed by atoms with van der Waals surface area (Å²) in [5, 5.41) is 9.57. The summed E-state index contributed by atoms with van der Waals surface area (Å²) in [5.41, 5.74) is 0. The molecule has 0 unspecified atom stereocenters. The van der Waals surface area contributed by atoms with Gasteiger partial charge in [0.1, 0.15) is 0 Å². The van der Waals surface area contributed by atoms with Gasteiger partial charge in [-0.3, -0.25) is 4.79 Å². The number of unbranched alkanes of at least 4 members (excludes halogenated alkanes) is 28. The van der Waals surface area contributed by atoms with Crippen molar-refractivity contribution >= 4 is 5.97 Å². The third-order valence-corrected chi connectivity index (χ3v) is 10.8. The number of hydrogen-bond acceptors (Lipinski definition) is 6. The number of hydrogen-bond donors (Lipinski definition) is 1. The van der Waals surface area contributed by atoms with Crippen molar-refractivity contribution in [2.24, 2.45) is 0 Å². The Morgan fingerprint density at radius 1 is 0.434 bits per heavy atom. The van der Waals surface area contributed by atoms with E-state index in [1.807, 2.05) is 0 Å². The summed E-state index contributed by atoms with van der Waals surface area (Å²) in [6.07, 6.45) is 43.3. The standard InChI is InChI=1S/C47H95NO5/c1-4-7-10-13-19-27-34-43-51-46(50)37-30-23-22-26-33-40-48(41-42-49)39-32-25-18-16-17-24-31-38-47(52-44-35-28-20-14-11-8-5-2)53-45-36-29-21-15-12-9-6-3/h47,49H,4-45H2,1-3H3. The van der Waals surface area contributed by atoms with E-state index in [1.54, 1.807) is 0 Å². The number of ether oxygens (including phenoxy) is 3. The van der Waals surface area contributed by atoms with Crippen LogP contribution in [0.5, 0.6) is 0 Å². The first-order valence-corrected chi connectivity index (χ1v) is 23.9. The minimum atomic E-state index is -0.0170. The summed E-state index contributed by atoms with van der Waals surface area (Å²) >= 11 is 0. The van der Waals surface area contributed by atoms with Gasteiger partial charge in [-0.05, 0) is 64.5 Å². The van der Waals surface area contributed by atoms with E-state index in [9.17, 15) is 9.90 Å². The van der Waals surface area contributed by atoms with Crippen LogP contribution in [-0.4, -0.2) is 68.3 Å². The molecule has 1 N–H and O–H groups in total. The van der Waals surface area contributed by atoms with Crippen LogP contribution in [0.2, 0.25) is 0 Å². The lowest BCUT2D eigenvalue weighted by Crippen LogP contribution is -2.29. The minimum Gasteiger partial charge on any atom is -0.466 e. The molecule has 0 spiro atoms. The van der Waals surface area contributed by atoms with Crippen molar-refractivity contribution in [1.82, 2.24) is 4.90 Å². The topological polar surface area (TPSA) is 68.2 Å². The molecule has 0 bridgehead atoms. The molecule has 0 saturated carbocycles. The number of carbonyl (C=O) groups excluding carboxylic acids is 1. The Morgan fingerprint density at radius 2 is 0.792 bits per heavy atom. The van der Waals surface area contributed by atoms with Crippen LogP contribution in [0, 0.1) is 0 Å². The zero-order chi connectivity index (χ0) is 38.6. The van der Waals surface area contributed by atoms with E-state index in [2.05, 4.69) is 25.7 Å². The van der Waals surface area contributed by atoms with Crippen LogP contribution in [-0.2, 0) is 19.0 Å². The fraction of sp³-hybridized carbons (Fsp3) is 0.979. The fourth-order valence-corrected chi connectivity index (χ4v) is 7.22. The summed E-state index contributed by atoms with van der Waals surface area (Å²) in [4.78, 5) is 14.4. The molecule has 0 aromatic heterocycles. The molecule has 0 atom stereocenters. The molecule has 0 aromatic carbocycles. The Balaban J connectivity index is 3.92. The highest BCUT2D eigenvalue weighted by Gasteiger charge is 2.10. The van der Waals surface area contributed by atoms with Crippen molar-refractivity contribution in [2.45, 2.75) is 252 Å². The van der Waals surface area contributed by atoms with Crippen molar-refractivity contribution < 1.29 is 24.1 Å². The maximum atomic E-state index is 12.0. The van der Waals surface area contributed by atoms with Crippen LogP contribution < -0.4 is 0 Å². The molecule has 0 rings (SSSR count). The van der Waals surface area contributed by atoms with Gasteiger partial charge in [-0.25, -0.2) is 0 Å². The van der Waals surface area contributed by atoms with Crippen molar-refractivity contribution in [1.29, 1.82) is 0 Å². The van der Waals surface area contributed by atoms with Gasteiger partial charge in [0.2, 0.25) is 0 Å². The lowest BCUT2D eigenvalue weighted by Gasteiger charge is -2.21. The van der Waals surface area contributed by atoms with E-state index in [0.29, 0.717) is 13.0 Å². The molecule has 0 aliphatic rings. The van der Waals surface area contributed by atoms with Crippen molar-refractivity contribution in [3.05, 3.63) is 0 Å². The highest BCUT2D eigenvalue weighted by molar-refractivity contribution is 5.69. The quantitative estimate of drug-likeness (QED) is 0.0379. The molecule has 0 saturated heterocycles. The molecule has 6 heteroatoms. The zero-order valence-electron chi connectivity index (χ0n) is 36.3. The molecule has 0 fully saturated rings. The Kier molecular flexibility index (Phi) is 45.1. The van der Waals surface area contributed by atoms with Crippen LogP contribution in [0.25, 0.3) is 0 Å². The van der Waals surface area contributed by atoms with E-state index in [1.165, 1.54) is 180 Å². The van der Waals surface area contributed by atoms with Crippen LogP contribution in [0.1, 0.15) is 245 Å². The van der Waals surface area contributed by atoms with Crippen LogP contribution in [0.15, 0.2) is 0 Å². The second-order valence-electron chi connectivity index (χ2n) is 16.1. The summed E-state index contributed by atoms with van der Waals surface area (Å²) in [6.45, 7) is 12.3. The molecule has 6 nitrogen and oxygen atoms in total. The van der Waals surface area contributed by atoms with E-state index < -0.39 is 0 Å². The molecular weight excluding hydrogens is 659 g/mol. The fourth-order valence-electron chi connectivity index (χ4n) is 7.22.